The van der Waals surface area contributed by atoms with E-state index in [1.807, 2.05) is 31.3 Å². The molecule has 0 radical (unpaired) electrons. The molecule has 0 atom stereocenters. The number of anilines is 1. The van der Waals surface area contributed by atoms with E-state index in [-0.39, 0.29) is 5.28 Å². The van der Waals surface area contributed by atoms with Gasteiger partial charge in [-0.15, -0.1) is 0 Å². The summed E-state index contributed by atoms with van der Waals surface area (Å²) in [4.78, 5) is 15.7. The van der Waals surface area contributed by atoms with Crippen molar-refractivity contribution >= 4 is 28.5 Å². The minimum Gasteiger partial charge on any atom is -0.364 e. The van der Waals surface area contributed by atoms with Crippen LogP contribution in [-0.4, -0.2) is 19.9 Å². The molecule has 0 aliphatic heterocycles. The third-order valence-corrected chi connectivity index (χ3v) is 3.10. The van der Waals surface area contributed by atoms with Crippen LogP contribution in [0.1, 0.15) is 11.3 Å². The van der Waals surface area contributed by atoms with Gasteiger partial charge in [0.1, 0.15) is 11.5 Å². The van der Waals surface area contributed by atoms with Gasteiger partial charge in [-0.2, -0.15) is 4.98 Å². The fourth-order valence-corrected chi connectivity index (χ4v) is 2.09. The van der Waals surface area contributed by atoms with Crippen molar-refractivity contribution in [2.24, 2.45) is 0 Å². The van der Waals surface area contributed by atoms with Crippen molar-refractivity contribution < 1.29 is 0 Å². The van der Waals surface area contributed by atoms with E-state index in [9.17, 15) is 0 Å². The largest absolute Gasteiger partial charge is 0.364 e. The van der Waals surface area contributed by atoms with Crippen LogP contribution >= 0.6 is 11.6 Å². The Balaban J connectivity index is 1.90. The summed E-state index contributed by atoms with van der Waals surface area (Å²) in [5.41, 5.74) is 2.85. The number of nitrogens with one attached hydrogen (secondary N) is 2. The van der Waals surface area contributed by atoms with Crippen molar-refractivity contribution in [2.45, 2.75) is 13.5 Å². The standard InChI is InChI=1S/C13H12ClN5/c1-8-3-2-5-15-10(8)7-17-12-9-4-6-16-11(9)18-13(14)19-12/h2-6H,7H2,1H3,(H2,16,17,18,19). The van der Waals surface area contributed by atoms with E-state index in [0.29, 0.717) is 12.4 Å². The van der Waals surface area contributed by atoms with Crippen molar-refractivity contribution in [3.63, 3.8) is 0 Å². The Bertz CT molecular complexity index is 722. The van der Waals surface area contributed by atoms with E-state index in [2.05, 4.69) is 25.3 Å². The molecule has 0 saturated carbocycles. The van der Waals surface area contributed by atoms with Crippen LogP contribution in [0.15, 0.2) is 30.6 Å². The summed E-state index contributed by atoms with van der Waals surface area (Å²) in [5.74, 6) is 0.710. The number of halogens is 1. The number of fused-ring (bicyclic) bond motifs is 1. The summed E-state index contributed by atoms with van der Waals surface area (Å²) in [6, 6.07) is 5.87. The molecule has 0 unspecified atom stereocenters. The van der Waals surface area contributed by atoms with Gasteiger partial charge in [0.15, 0.2) is 0 Å². The molecule has 0 bridgehead atoms. The predicted octanol–water partition coefficient (Wildman–Crippen LogP) is 2.93. The number of hydrogen-bond donors (Lipinski definition) is 2. The lowest BCUT2D eigenvalue weighted by Gasteiger charge is -2.08. The molecule has 0 aliphatic carbocycles. The van der Waals surface area contributed by atoms with Gasteiger partial charge in [-0.1, -0.05) is 6.07 Å². The summed E-state index contributed by atoms with van der Waals surface area (Å²) in [5, 5.41) is 4.39. The number of pyridine rings is 1. The Hall–Kier alpha value is -2.14. The Kier molecular flexibility index (Phi) is 3.05. The highest BCUT2D eigenvalue weighted by atomic mass is 35.5. The van der Waals surface area contributed by atoms with Crippen molar-refractivity contribution in [1.82, 2.24) is 19.9 Å². The molecule has 3 rings (SSSR count). The van der Waals surface area contributed by atoms with Gasteiger partial charge in [-0.05, 0) is 36.2 Å². The molecule has 0 amide bonds. The van der Waals surface area contributed by atoms with Gasteiger partial charge in [0.25, 0.3) is 0 Å². The quantitative estimate of drug-likeness (QED) is 0.720. The second-order valence-corrected chi connectivity index (χ2v) is 4.54. The van der Waals surface area contributed by atoms with Crippen LogP contribution in [0.5, 0.6) is 0 Å². The number of H-pyrrole nitrogens is 1. The fourth-order valence-electron chi connectivity index (χ4n) is 1.92. The number of rotatable bonds is 3. The molecule has 2 N–H and O–H groups in total. The molecule has 3 aromatic rings. The minimum absolute atomic E-state index is 0.218. The Morgan fingerprint density at radius 1 is 1.32 bits per heavy atom. The Morgan fingerprint density at radius 2 is 2.21 bits per heavy atom. The van der Waals surface area contributed by atoms with E-state index in [4.69, 9.17) is 11.6 Å². The lowest BCUT2D eigenvalue weighted by atomic mass is 10.2. The van der Waals surface area contributed by atoms with Gasteiger partial charge < -0.3 is 10.3 Å². The van der Waals surface area contributed by atoms with E-state index in [1.54, 1.807) is 6.20 Å². The van der Waals surface area contributed by atoms with Crippen molar-refractivity contribution in [2.75, 3.05) is 5.32 Å². The van der Waals surface area contributed by atoms with Gasteiger partial charge >= 0.3 is 0 Å². The summed E-state index contributed by atoms with van der Waals surface area (Å²) >= 11 is 5.90. The molecule has 6 heteroatoms. The van der Waals surface area contributed by atoms with Gasteiger partial charge in [0.2, 0.25) is 5.28 Å². The molecule has 0 spiro atoms. The van der Waals surface area contributed by atoms with Gasteiger partial charge in [0.05, 0.1) is 17.6 Å². The van der Waals surface area contributed by atoms with Crippen LogP contribution in [0.3, 0.4) is 0 Å². The highest BCUT2D eigenvalue weighted by molar-refractivity contribution is 6.28. The lowest BCUT2D eigenvalue weighted by molar-refractivity contribution is 1.00. The second kappa shape index (κ2) is 4.85. The van der Waals surface area contributed by atoms with Crippen LogP contribution in [0, 0.1) is 6.92 Å². The highest BCUT2D eigenvalue weighted by Gasteiger charge is 2.08. The maximum Gasteiger partial charge on any atom is 0.226 e. The molecule has 0 aliphatic rings. The van der Waals surface area contributed by atoms with E-state index in [1.165, 1.54) is 0 Å². The number of hydrogen-bond acceptors (Lipinski definition) is 4. The van der Waals surface area contributed by atoms with Crippen LogP contribution < -0.4 is 5.32 Å². The Labute approximate surface area is 115 Å². The number of aryl methyl sites for hydroxylation is 1. The number of nitrogens with zero attached hydrogens (tertiary/aromatic N) is 3. The fraction of sp³-hybridized carbons (Fsp3) is 0.154. The Morgan fingerprint density at radius 3 is 3.05 bits per heavy atom. The van der Waals surface area contributed by atoms with Crippen molar-refractivity contribution in [3.8, 4) is 0 Å². The van der Waals surface area contributed by atoms with Crippen LogP contribution in [0.2, 0.25) is 5.28 Å². The van der Waals surface area contributed by atoms with Crippen LogP contribution in [0.4, 0.5) is 5.82 Å². The second-order valence-electron chi connectivity index (χ2n) is 4.20. The molecule has 5 nitrogen and oxygen atoms in total. The smallest absolute Gasteiger partial charge is 0.226 e. The molecule has 0 fully saturated rings. The monoisotopic (exact) mass is 273 g/mol. The molecular weight excluding hydrogens is 262 g/mol. The highest BCUT2D eigenvalue weighted by Crippen LogP contribution is 2.21. The van der Waals surface area contributed by atoms with E-state index >= 15 is 0 Å². The molecule has 96 valence electrons. The zero-order chi connectivity index (χ0) is 13.2. The third-order valence-electron chi connectivity index (χ3n) is 2.93. The number of aromatic amines is 1. The molecule has 0 aromatic carbocycles. The van der Waals surface area contributed by atoms with E-state index < -0.39 is 0 Å². The first-order chi connectivity index (χ1) is 9.24. The minimum atomic E-state index is 0.218. The van der Waals surface area contributed by atoms with Gasteiger partial charge in [-0.3, -0.25) is 4.98 Å². The average molecular weight is 274 g/mol. The molecule has 3 aromatic heterocycles. The molecule has 0 saturated heterocycles. The van der Waals surface area contributed by atoms with Crippen molar-refractivity contribution in [3.05, 3.63) is 47.1 Å². The molecule has 3 heterocycles. The van der Waals surface area contributed by atoms with Gasteiger partial charge in [0, 0.05) is 12.4 Å². The maximum atomic E-state index is 5.90. The first kappa shape index (κ1) is 11.9. The average Bonchev–Trinajstić information content (AvgIpc) is 2.85. The molecule has 19 heavy (non-hydrogen) atoms. The third kappa shape index (κ3) is 2.37. The summed E-state index contributed by atoms with van der Waals surface area (Å²) in [6.45, 7) is 2.63. The summed E-state index contributed by atoms with van der Waals surface area (Å²) < 4.78 is 0. The normalized spacial score (nSPS) is 10.8. The van der Waals surface area contributed by atoms with Gasteiger partial charge in [-0.25, -0.2) is 4.98 Å². The number of aromatic nitrogens is 4. The predicted molar refractivity (Wildman–Crippen MR) is 75.2 cm³/mol. The first-order valence-corrected chi connectivity index (χ1v) is 6.27. The molecular formula is C13H12ClN5. The topological polar surface area (TPSA) is 66.5 Å². The van der Waals surface area contributed by atoms with E-state index in [0.717, 1.165) is 22.3 Å². The first-order valence-electron chi connectivity index (χ1n) is 5.89. The van der Waals surface area contributed by atoms with Crippen molar-refractivity contribution in [1.29, 1.82) is 0 Å². The summed E-state index contributed by atoms with van der Waals surface area (Å²) in [7, 11) is 0. The van der Waals surface area contributed by atoms with Crippen LogP contribution in [0.25, 0.3) is 11.0 Å². The zero-order valence-electron chi connectivity index (χ0n) is 10.3. The lowest BCUT2D eigenvalue weighted by Crippen LogP contribution is -2.05. The van der Waals surface area contributed by atoms with Crippen LogP contribution in [-0.2, 0) is 6.54 Å². The maximum absolute atomic E-state index is 5.90. The zero-order valence-corrected chi connectivity index (χ0v) is 11.1. The summed E-state index contributed by atoms with van der Waals surface area (Å²) in [6.07, 6.45) is 3.59. The SMILES string of the molecule is Cc1cccnc1CNc1nc(Cl)nc2[nH]ccc12.